The van der Waals surface area contributed by atoms with Crippen LogP contribution in [0.4, 0.5) is 0 Å². The average molecular weight is 244 g/mol. The first-order chi connectivity index (χ1) is 7.08. The van der Waals surface area contributed by atoms with Gasteiger partial charge in [-0.05, 0) is 6.92 Å². The molecular weight excluding hydrogens is 238 g/mol. The van der Waals surface area contributed by atoms with Gasteiger partial charge in [-0.1, -0.05) is 11.6 Å². The van der Waals surface area contributed by atoms with Crippen molar-refractivity contribution in [3.63, 3.8) is 0 Å². The molecule has 0 aromatic carbocycles. The molecule has 0 fully saturated rings. The molecule has 78 valence electrons. The van der Waals surface area contributed by atoms with Crippen LogP contribution in [0.15, 0.2) is 11.6 Å². The molecular formula is C8H6ClN3O2S. The third-order valence-corrected chi connectivity index (χ3v) is 2.95. The fraction of sp³-hybridized carbons (Fsp3) is 0.125. The van der Waals surface area contributed by atoms with Gasteiger partial charge in [-0.3, -0.25) is 0 Å². The number of aryl methyl sites for hydroxylation is 1. The number of hydrogen-bond acceptors (Lipinski definition) is 4. The molecule has 0 aliphatic rings. The first kappa shape index (κ1) is 10.1. The van der Waals surface area contributed by atoms with Gasteiger partial charge in [0.15, 0.2) is 5.69 Å². The number of carboxylic acids is 1. The maximum atomic E-state index is 10.6. The lowest BCUT2D eigenvalue weighted by Gasteiger charge is -1.91. The highest BCUT2D eigenvalue weighted by Gasteiger charge is 2.11. The zero-order chi connectivity index (χ0) is 11.0. The van der Waals surface area contributed by atoms with E-state index >= 15 is 0 Å². The number of hydrogen-bond donors (Lipinski definition) is 1. The summed E-state index contributed by atoms with van der Waals surface area (Å²) in [5.41, 5.74) is 0.697. The molecule has 0 saturated carbocycles. The van der Waals surface area contributed by atoms with Gasteiger partial charge in [0.2, 0.25) is 5.13 Å². The lowest BCUT2D eigenvalue weighted by molar-refractivity contribution is 0.0691. The molecule has 0 saturated heterocycles. The fourth-order valence-electron chi connectivity index (χ4n) is 1.00. The van der Waals surface area contributed by atoms with E-state index in [0.717, 1.165) is 0 Å². The molecule has 0 bridgehead atoms. The monoisotopic (exact) mass is 243 g/mol. The third-order valence-electron chi connectivity index (χ3n) is 1.75. The molecule has 7 heteroatoms. The first-order valence-corrected chi connectivity index (χ1v) is 5.24. The maximum Gasteiger partial charge on any atom is 0.355 e. The molecule has 0 aliphatic heterocycles. The number of aromatic nitrogens is 3. The van der Waals surface area contributed by atoms with Crippen LogP contribution in [0.5, 0.6) is 0 Å². The average Bonchev–Trinajstić information content (AvgIpc) is 2.74. The SMILES string of the molecule is Cc1nn(-c2nc(C(=O)O)cs2)cc1Cl. The molecule has 5 nitrogen and oxygen atoms in total. The van der Waals surface area contributed by atoms with Crippen molar-refractivity contribution in [1.29, 1.82) is 0 Å². The van der Waals surface area contributed by atoms with Gasteiger partial charge >= 0.3 is 5.97 Å². The molecule has 0 aliphatic carbocycles. The zero-order valence-corrected chi connectivity index (χ0v) is 9.21. The van der Waals surface area contributed by atoms with Crippen molar-refractivity contribution in [3.8, 4) is 5.13 Å². The van der Waals surface area contributed by atoms with Crippen LogP contribution in [0.2, 0.25) is 5.02 Å². The van der Waals surface area contributed by atoms with Crippen molar-refractivity contribution in [2.45, 2.75) is 6.92 Å². The van der Waals surface area contributed by atoms with E-state index in [-0.39, 0.29) is 5.69 Å². The van der Waals surface area contributed by atoms with Gasteiger partial charge < -0.3 is 5.11 Å². The molecule has 0 unspecified atom stereocenters. The summed E-state index contributed by atoms with van der Waals surface area (Å²) < 4.78 is 1.47. The molecule has 2 aromatic heterocycles. The van der Waals surface area contributed by atoms with E-state index < -0.39 is 5.97 Å². The Morgan fingerprint density at radius 2 is 2.40 bits per heavy atom. The summed E-state index contributed by atoms with van der Waals surface area (Å²) in [6.07, 6.45) is 1.60. The summed E-state index contributed by atoms with van der Waals surface area (Å²) >= 11 is 7.03. The van der Waals surface area contributed by atoms with Gasteiger partial charge in [0.1, 0.15) is 0 Å². The molecule has 0 spiro atoms. The highest BCUT2D eigenvalue weighted by atomic mass is 35.5. The van der Waals surface area contributed by atoms with Crippen molar-refractivity contribution in [3.05, 3.63) is 28.0 Å². The Bertz CT molecular complexity index is 500. The molecule has 0 radical (unpaired) electrons. The summed E-state index contributed by atoms with van der Waals surface area (Å²) in [6, 6.07) is 0. The number of nitrogens with zero attached hydrogens (tertiary/aromatic N) is 3. The highest BCUT2D eigenvalue weighted by Crippen LogP contribution is 2.19. The maximum absolute atomic E-state index is 10.6. The lowest BCUT2D eigenvalue weighted by Crippen LogP contribution is -1.99. The van der Waals surface area contributed by atoms with E-state index in [9.17, 15) is 4.79 Å². The zero-order valence-electron chi connectivity index (χ0n) is 7.64. The summed E-state index contributed by atoms with van der Waals surface area (Å²) in [6.45, 7) is 1.77. The summed E-state index contributed by atoms with van der Waals surface area (Å²) in [4.78, 5) is 14.5. The van der Waals surface area contributed by atoms with E-state index in [0.29, 0.717) is 15.8 Å². The second kappa shape index (κ2) is 3.63. The van der Waals surface area contributed by atoms with Crippen LogP contribution in [-0.4, -0.2) is 25.8 Å². The van der Waals surface area contributed by atoms with Crippen molar-refractivity contribution in [1.82, 2.24) is 14.8 Å². The summed E-state index contributed by atoms with van der Waals surface area (Å²) in [7, 11) is 0. The summed E-state index contributed by atoms with van der Waals surface area (Å²) in [5.74, 6) is -1.05. The van der Waals surface area contributed by atoms with Crippen molar-refractivity contribution < 1.29 is 9.90 Å². The third kappa shape index (κ3) is 1.86. The molecule has 2 rings (SSSR count). The fourth-order valence-corrected chi connectivity index (χ4v) is 1.86. The molecule has 15 heavy (non-hydrogen) atoms. The summed E-state index contributed by atoms with van der Waals surface area (Å²) in [5, 5.41) is 15.3. The predicted octanol–water partition coefficient (Wildman–Crippen LogP) is 1.99. The minimum absolute atomic E-state index is 0.0132. The van der Waals surface area contributed by atoms with Crippen molar-refractivity contribution in [2.24, 2.45) is 0 Å². The number of carbonyl (C=O) groups is 1. The van der Waals surface area contributed by atoms with E-state index in [1.54, 1.807) is 13.1 Å². The van der Waals surface area contributed by atoms with Gasteiger partial charge in [0.05, 0.1) is 16.9 Å². The second-order valence-corrected chi connectivity index (χ2v) is 4.07. The number of aromatic carboxylic acids is 1. The van der Waals surface area contributed by atoms with Gasteiger partial charge in [-0.15, -0.1) is 11.3 Å². The van der Waals surface area contributed by atoms with Gasteiger partial charge in [-0.25, -0.2) is 14.5 Å². The minimum Gasteiger partial charge on any atom is -0.476 e. The van der Waals surface area contributed by atoms with Gasteiger partial charge in [-0.2, -0.15) is 5.10 Å². The van der Waals surface area contributed by atoms with Crippen LogP contribution in [0.3, 0.4) is 0 Å². The Balaban J connectivity index is 2.41. The number of rotatable bonds is 2. The Morgan fingerprint density at radius 1 is 1.67 bits per heavy atom. The highest BCUT2D eigenvalue weighted by molar-refractivity contribution is 7.12. The van der Waals surface area contributed by atoms with Crippen LogP contribution in [0.1, 0.15) is 16.2 Å². The van der Waals surface area contributed by atoms with Gasteiger partial charge in [0, 0.05) is 5.38 Å². The van der Waals surface area contributed by atoms with Crippen LogP contribution in [0.25, 0.3) is 5.13 Å². The largest absolute Gasteiger partial charge is 0.476 e. The Kier molecular flexibility index (Phi) is 2.45. The molecule has 0 amide bonds. The standard InChI is InChI=1S/C8H6ClN3O2S/c1-4-5(9)2-12(11-4)8-10-6(3-15-8)7(13)14/h2-3H,1H3,(H,13,14). The van der Waals surface area contributed by atoms with Crippen LogP contribution in [-0.2, 0) is 0 Å². The normalized spacial score (nSPS) is 10.5. The van der Waals surface area contributed by atoms with E-state index in [1.165, 1.54) is 21.4 Å². The quantitative estimate of drug-likeness (QED) is 0.876. The van der Waals surface area contributed by atoms with Crippen LogP contribution >= 0.6 is 22.9 Å². The van der Waals surface area contributed by atoms with Crippen LogP contribution in [0, 0.1) is 6.92 Å². The van der Waals surface area contributed by atoms with E-state index in [2.05, 4.69) is 10.1 Å². The van der Waals surface area contributed by atoms with E-state index in [4.69, 9.17) is 16.7 Å². The predicted molar refractivity (Wildman–Crippen MR) is 55.9 cm³/mol. The number of halogens is 1. The van der Waals surface area contributed by atoms with E-state index in [1.807, 2.05) is 0 Å². The molecule has 2 heterocycles. The van der Waals surface area contributed by atoms with Crippen molar-refractivity contribution in [2.75, 3.05) is 0 Å². The molecule has 2 aromatic rings. The Morgan fingerprint density at radius 3 is 2.87 bits per heavy atom. The van der Waals surface area contributed by atoms with Crippen LogP contribution < -0.4 is 0 Å². The Labute approximate surface area is 93.9 Å². The second-order valence-electron chi connectivity index (χ2n) is 2.83. The topological polar surface area (TPSA) is 68.0 Å². The van der Waals surface area contributed by atoms with Gasteiger partial charge in [0.25, 0.3) is 0 Å². The Hall–Kier alpha value is -1.40. The number of carboxylic acid groups (broad SMARTS) is 1. The lowest BCUT2D eigenvalue weighted by atomic mass is 10.5. The smallest absolute Gasteiger partial charge is 0.355 e. The first-order valence-electron chi connectivity index (χ1n) is 3.99. The van der Waals surface area contributed by atoms with Crippen molar-refractivity contribution >= 4 is 28.9 Å². The minimum atomic E-state index is -1.05. The number of thiazole rings is 1. The molecule has 1 N–H and O–H groups in total. The molecule has 0 atom stereocenters.